The Morgan fingerprint density at radius 1 is 1.35 bits per heavy atom. The van der Waals surface area contributed by atoms with Crippen LogP contribution in [0.1, 0.15) is 24.6 Å². The van der Waals surface area contributed by atoms with Gasteiger partial charge in [0.15, 0.2) is 0 Å². The lowest BCUT2D eigenvalue weighted by Crippen LogP contribution is -2.31. The number of hydrogen-bond donors (Lipinski definition) is 1. The number of aromatic nitrogens is 2. The molecule has 2 aromatic heterocycles. The van der Waals surface area contributed by atoms with Crippen LogP contribution in [-0.2, 0) is 10.0 Å². The van der Waals surface area contributed by atoms with Crippen LogP contribution in [0.4, 0.5) is 0 Å². The maximum Gasteiger partial charge on any atom is 0.246 e. The Morgan fingerprint density at radius 3 is 2.90 bits per heavy atom. The molecule has 2 aromatic rings. The smallest absolute Gasteiger partial charge is 0.246 e. The van der Waals surface area contributed by atoms with Crippen LogP contribution in [0.15, 0.2) is 41.6 Å². The van der Waals surface area contributed by atoms with E-state index in [4.69, 9.17) is 11.6 Å². The van der Waals surface area contributed by atoms with Gasteiger partial charge in [0.25, 0.3) is 0 Å². The highest BCUT2D eigenvalue weighted by Gasteiger charge is 2.37. The fourth-order valence-electron chi connectivity index (χ4n) is 2.58. The van der Waals surface area contributed by atoms with Crippen molar-refractivity contribution in [3.05, 3.63) is 47.5 Å². The molecule has 1 aliphatic rings. The third-order valence-corrected chi connectivity index (χ3v) is 5.85. The molecule has 5 nitrogen and oxygen atoms in total. The van der Waals surface area contributed by atoms with Crippen LogP contribution in [-0.4, -0.2) is 29.2 Å². The van der Waals surface area contributed by atoms with Gasteiger partial charge in [-0.15, -0.1) is 0 Å². The van der Waals surface area contributed by atoms with Crippen LogP contribution < -0.4 is 0 Å². The van der Waals surface area contributed by atoms with Crippen molar-refractivity contribution in [3.63, 3.8) is 0 Å². The van der Waals surface area contributed by atoms with Gasteiger partial charge >= 0.3 is 0 Å². The predicted octanol–water partition coefficient (Wildman–Crippen LogP) is 2.59. The molecule has 3 rings (SSSR count). The molecule has 0 saturated carbocycles. The van der Waals surface area contributed by atoms with Crippen molar-refractivity contribution < 1.29 is 8.42 Å². The zero-order valence-corrected chi connectivity index (χ0v) is 12.2. The van der Waals surface area contributed by atoms with E-state index in [1.165, 1.54) is 16.6 Å². The van der Waals surface area contributed by atoms with Gasteiger partial charge in [-0.1, -0.05) is 11.6 Å². The largest absolute Gasteiger partial charge is 0.364 e. The predicted molar refractivity (Wildman–Crippen MR) is 75.9 cm³/mol. The van der Waals surface area contributed by atoms with E-state index in [2.05, 4.69) is 9.97 Å². The number of hydrogen-bond acceptors (Lipinski definition) is 3. The van der Waals surface area contributed by atoms with Crippen molar-refractivity contribution >= 4 is 21.6 Å². The fourth-order valence-corrected chi connectivity index (χ4v) is 4.68. The van der Waals surface area contributed by atoms with E-state index < -0.39 is 10.0 Å². The number of H-pyrrole nitrogens is 1. The fraction of sp³-hybridized carbons (Fsp3) is 0.308. The van der Waals surface area contributed by atoms with E-state index in [1.807, 2.05) is 12.1 Å². The third kappa shape index (κ3) is 2.24. The number of pyridine rings is 1. The highest BCUT2D eigenvalue weighted by atomic mass is 35.5. The second-order valence-corrected chi connectivity index (χ2v) is 6.91. The lowest BCUT2D eigenvalue weighted by molar-refractivity contribution is 0.391. The van der Waals surface area contributed by atoms with Gasteiger partial charge in [-0.2, -0.15) is 4.31 Å². The number of sulfonamides is 1. The number of rotatable bonds is 3. The van der Waals surface area contributed by atoms with E-state index in [0.717, 1.165) is 18.5 Å². The van der Waals surface area contributed by atoms with E-state index in [0.29, 0.717) is 6.54 Å². The van der Waals surface area contributed by atoms with Crippen molar-refractivity contribution in [2.75, 3.05) is 6.54 Å². The SMILES string of the molecule is O=S(=O)(c1cccnc1Cl)N1CCCC1c1ccc[nH]1. The molecule has 0 amide bonds. The van der Waals surface area contributed by atoms with Crippen molar-refractivity contribution in [2.45, 2.75) is 23.8 Å². The quantitative estimate of drug-likeness (QED) is 0.886. The molecule has 0 spiro atoms. The number of aromatic amines is 1. The minimum absolute atomic E-state index is 0.0182. The summed E-state index contributed by atoms with van der Waals surface area (Å²) in [6.45, 7) is 0.497. The molecule has 1 saturated heterocycles. The van der Waals surface area contributed by atoms with E-state index in [9.17, 15) is 8.42 Å². The standard InChI is InChI=1S/C13H14ClN3O2S/c14-13-12(6-2-8-16-13)20(18,19)17-9-3-5-11(17)10-4-1-7-15-10/h1-2,4,6-8,11,15H,3,5,9H2. The first-order chi connectivity index (χ1) is 9.60. The molecule has 1 atom stereocenters. The Labute approximate surface area is 122 Å². The van der Waals surface area contributed by atoms with Gasteiger partial charge in [-0.05, 0) is 37.1 Å². The number of nitrogens with one attached hydrogen (secondary N) is 1. The average Bonchev–Trinajstić information content (AvgIpc) is 3.10. The number of halogens is 1. The molecule has 1 N–H and O–H groups in total. The molecule has 20 heavy (non-hydrogen) atoms. The molecule has 106 valence electrons. The Kier molecular flexibility index (Phi) is 3.54. The van der Waals surface area contributed by atoms with Crippen LogP contribution in [0.5, 0.6) is 0 Å². The first-order valence-corrected chi connectivity index (χ1v) is 8.18. The van der Waals surface area contributed by atoms with E-state index in [-0.39, 0.29) is 16.1 Å². The van der Waals surface area contributed by atoms with Crippen LogP contribution >= 0.6 is 11.6 Å². The topological polar surface area (TPSA) is 66.1 Å². The molecule has 1 unspecified atom stereocenters. The van der Waals surface area contributed by atoms with Crippen molar-refractivity contribution in [3.8, 4) is 0 Å². The van der Waals surface area contributed by atoms with Gasteiger partial charge in [-0.3, -0.25) is 0 Å². The molecule has 0 bridgehead atoms. The maximum atomic E-state index is 12.7. The Morgan fingerprint density at radius 2 is 2.20 bits per heavy atom. The monoisotopic (exact) mass is 311 g/mol. The van der Waals surface area contributed by atoms with Crippen LogP contribution in [0.2, 0.25) is 5.15 Å². The Balaban J connectivity index is 2.01. The zero-order valence-electron chi connectivity index (χ0n) is 10.7. The first-order valence-electron chi connectivity index (χ1n) is 6.36. The van der Waals surface area contributed by atoms with E-state index in [1.54, 1.807) is 12.3 Å². The molecular weight excluding hydrogens is 298 g/mol. The summed E-state index contributed by atoms with van der Waals surface area (Å²) in [4.78, 5) is 7.02. The average molecular weight is 312 g/mol. The van der Waals surface area contributed by atoms with Crippen molar-refractivity contribution in [1.29, 1.82) is 0 Å². The summed E-state index contributed by atoms with van der Waals surface area (Å²) >= 11 is 5.94. The summed E-state index contributed by atoms with van der Waals surface area (Å²) in [5, 5.41) is 0.0182. The Hall–Kier alpha value is -1.37. The first kappa shape index (κ1) is 13.6. The summed E-state index contributed by atoms with van der Waals surface area (Å²) < 4.78 is 27.0. The van der Waals surface area contributed by atoms with E-state index >= 15 is 0 Å². The summed E-state index contributed by atoms with van der Waals surface area (Å²) in [6, 6.07) is 6.69. The van der Waals surface area contributed by atoms with Gasteiger partial charge in [0.05, 0.1) is 6.04 Å². The highest BCUT2D eigenvalue weighted by molar-refractivity contribution is 7.89. The van der Waals surface area contributed by atoms with Gasteiger partial charge in [0.1, 0.15) is 10.0 Å². The number of nitrogens with zero attached hydrogens (tertiary/aromatic N) is 2. The van der Waals surface area contributed by atoms with Crippen molar-refractivity contribution in [2.24, 2.45) is 0 Å². The molecule has 1 aliphatic heterocycles. The van der Waals surface area contributed by atoms with Crippen molar-refractivity contribution in [1.82, 2.24) is 14.3 Å². The van der Waals surface area contributed by atoms with Gasteiger partial charge in [0.2, 0.25) is 10.0 Å². The summed E-state index contributed by atoms with van der Waals surface area (Å²) in [6.07, 6.45) is 4.92. The maximum absolute atomic E-state index is 12.7. The van der Waals surface area contributed by atoms with Crippen LogP contribution in [0, 0.1) is 0 Å². The lowest BCUT2D eigenvalue weighted by atomic mass is 10.2. The van der Waals surface area contributed by atoms with Crippen LogP contribution in [0.3, 0.4) is 0 Å². The van der Waals surface area contributed by atoms with Gasteiger partial charge < -0.3 is 4.98 Å². The molecular formula is C13H14ClN3O2S. The molecule has 1 fully saturated rings. The van der Waals surface area contributed by atoms with Gasteiger partial charge in [0, 0.05) is 24.6 Å². The summed E-state index contributed by atoms with van der Waals surface area (Å²) in [5.74, 6) is 0. The third-order valence-electron chi connectivity index (χ3n) is 3.50. The second kappa shape index (κ2) is 5.20. The molecule has 0 aliphatic carbocycles. The molecule has 3 heterocycles. The van der Waals surface area contributed by atoms with Gasteiger partial charge in [-0.25, -0.2) is 13.4 Å². The Bertz CT molecular complexity index is 700. The summed E-state index contributed by atoms with van der Waals surface area (Å²) in [7, 11) is -3.63. The minimum atomic E-state index is -3.63. The normalized spacial score (nSPS) is 20.4. The zero-order chi connectivity index (χ0) is 14.2. The molecule has 0 radical (unpaired) electrons. The summed E-state index contributed by atoms with van der Waals surface area (Å²) in [5.41, 5.74) is 0.908. The lowest BCUT2D eigenvalue weighted by Gasteiger charge is -2.23. The molecule has 7 heteroatoms. The van der Waals surface area contributed by atoms with Crippen LogP contribution in [0.25, 0.3) is 0 Å². The highest BCUT2D eigenvalue weighted by Crippen LogP contribution is 2.36. The second-order valence-electron chi connectivity index (χ2n) is 4.69. The molecule has 0 aromatic carbocycles. The minimum Gasteiger partial charge on any atom is -0.364 e.